The average Bonchev–Trinajstić information content (AvgIpc) is 2.55. The molecule has 0 aliphatic rings. The number of esters is 1. The molecular formula is C8H13N3O4S. The molecule has 2 N–H and O–H groups in total. The molecule has 0 aromatic carbocycles. The number of aryl methyl sites for hydroxylation is 1. The van der Waals surface area contributed by atoms with E-state index in [1.165, 1.54) is 18.0 Å². The summed E-state index contributed by atoms with van der Waals surface area (Å²) in [7, 11) is -1.85. The number of nitrogens with zero attached hydrogens (tertiary/aromatic N) is 2. The van der Waals surface area contributed by atoms with Crippen molar-refractivity contribution >= 4 is 21.5 Å². The molecule has 16 heavy (non-hydrogen) atoms. The van der Waals surface area contributed by atoms with Gasteiger partial charge in [0.25, 0.3) is 0 Å². The highest BCUT2D eigenvalue weighted by Crippen LogP contribution is 2.10. The molecule has 0 fully saturated rings. The molecule has 0 bridgehead atoms. The molecule has 0 spiro atoms. The van der Waals surface area contributed by atoms with Gasteiger partial charge in [-0.1, -0.05) is 0 Å². The third kappa shape index (κ3) is 3.23. The fourth-order valence-electron chi connectivity index (χ4n) is 1.07. The summed E-state index contributed by atoms with van der Waals surface area (Å²) < 4.78 is 27.6. The number of carbonyl (C=O) groups excluding carboxylic acids is 1. The zero-order valence-corrected chi connectivity index (χ0v) is 9.82. The molecule has 0 aliphatic heterocycles. The van der Waals surface area contributed by atoms with Crippen molar-refractivity contribution in [1.82, 2.24) is 9.78 Å². The van der Waals surface area contributed by atoms with Gasteiger partial charge in [0.15, 0.2) is 5.69 Å². The second-order valence-electron chi connectivity index (χ2n) is 3.32. The van der Waals surface area contributed by atoms with Crippen molar-refractivity contribution in [3.63, 3.8) is 0 Å². The second kappa shape index (κ2) is 4.52. The largest absolute Gasteiger partial charge is 0.464 e. The van der Waals surface area contributed by atoms with Crippen LogP contribution < -0.4 is 5.73 Å². The predicted molar refractivity (Wildman–Crippen MR) is 57.7 cm³/mol. The first-order valence-corrected chi connectivity index (χ1v) is 6.48. The summed E-state index contributed by atoms with van der Waals surface area (Å²) in [5.74, 6) is -0.704. The molecule has 1 heterocycles. The number of hydrogen-bond donors (Lipinski definition) is 1. The standard InChI is InChI=1S/C8H13N3O4S/c1-15-8(12)7-6(9)5-11(10-7)3-4-16(2,13)14/h5H,3-4,9H2,1-2H3. The summed E-state index contributed by atoms with van der Waals surface area (Å²) in [6.07, 6.45) is 2.53. The van der Waals surface area contributed by atoms with Crippen molar-refractivity contribution in [2.24, 2.45) is 0 Å². The van der Waals surface area contributed by atoms with Crippen molar-refractivity contribution in [3.05, 3.63) is 11.9 Å². The predicted octanol–water partition coefficient (Wildman–Crippen LogP) is -0.704. The number of nitrogen functional groups attached to an aromatic ring is 1. The van der Waals surface area contributed by atoms with Crippen LogP contribution in [0.1, 0.15) is 10.5 Å². The Balaban J connectivity index is 2.81. The second-order valence-corrected chi connectivity index (χ2v) is 5.58. The Morgan fingerprint density at radius 3 is 2.75 bits per heavy atom. The zero-order valence-electron chi connectivity index (χ0n) is 9.00. The van der Waals surface area contributed by atoms with Crippen LogP contribution >= 0.6 is 0 Å². The van der Waals surface area contributed by atoms with Crippen molar-refractivity contribution in [2.45, 2.75) is 6.54 Å². The first-order chi connectivity index (χ1) is 7.33. The summed E-state index contributed by atoms with van der Waals surface area (Å²) in [6, 6.07) is 0. The first-order valence-electron chi connectivity index (χ1n) is 4.42. The van der Waals surface area contributed by atoms with E-state index in [0.29, 0.717) is 0 Å². The lowest BCUT2D eigenvalue weighted by atomic mass is 10.4. The molecule has 1 rings (SSSR count). The summed E-state index contributed by atoms with van der Waals surface area (Å²) in [6.45, 7) is 0.153. The lowest BCUT2D eigenvalue weighted by Crippen LogP contribution is -2.12. The third-order valence-corrected chi connectivity index (χ3v) is 2.78. The number of rotatable bonds is 4. The molecule has 0 amide bonds. The van der Waals surface area contributed by atoms with Crippen molar-refractivity contribution < 1.29 is 17.9 Å². The number of sulfone groups is 1. The molecule has 0 radical (unpaired) electrons. The molecule has 0 unspecified atom stereocenters. The molecule has 7 nitrogen and oxygen atoms in total. The van der Waals surface area contributed by atoms with Gasteiger partial charge in [-0.2, -0.15) is 5.10 Å². The number of anilines is 1. The van der Waals surface area contributed by atoms with Crippen LogP contribution in [0.4, 0.5) is 5.69 Å². The molecule has 0 saturated carbocycles. The van der Waals surface area contributed by atoms with Gasteiger partial charge in [-0.3, -0.25) is 4.68 Å². The maximum atomic E-state index is 11.2. The lowest BCUT2D eigenvalue weighted by molar-refractivity contribution is 0.0594. The summed E-state index contributed by atoms with van der Waals surface area (Å²) >= 11 is 0. The van der Waals surface area contributed by atoms with Crippen LogP contribution in [-0.2, 0) is 21.1 Å². The first kappa shape index (κ1) is 12.5. The topological polar surface area (TPSA) is 104 Å². The van der Waals surface area contributed by atoms with Crippen molar-refractivity contribution in [3.8, 4) is 0 Å². The number of aromatic nitrogens is 2. The fourth-order valence-corrected chi connectivity index (χ4v) is 1.58. The highest BCUT2D eigenvalue weighted by molar-refractivity contribution is 7.90. The number of hydrogen-bond acceptors (Lipinski definition) is 6. The van der Waals surface area contributed by atoms with Gasteiger partial charge in [-0.15, -0.1) is 0 Å². The Morgan fingerprint density at radius 2 is 2.25 bits per heavy atom. The maximum absolute atomic E-state index is 11.2. The van der Waals surface area contributed by atoms with E-state index in [1.54, 1.807) is 0 Å². The third-order valence-electron chi connectivity index (χ3n) is 1.86. The van der Waals surface area contributed by atoms with Gasteiger partial charge >= 0.3 is 5.97 Å². The van der Waals surface area contributed by atoms with Crippen molar-refractivity contribution in [2.75, 3.05) is 24.9 Å². The van der Waals surface area contributed by atoms with Gasteiger partial charge in [0.2, 0.25) is 0 Å². The normalized spacial score (nSPS) is 11.4. The molecule has 0 aliphatic carbocycles. The van der Waals surface area contributed by atoms with E-state index in [0.717, 1.165) is 6.26 Å². The van der Waals surface area contributed by atoms with E-state index < -0.39 is 15.8 Å². The Kier molecular flexibility index (Phi) is 3.53. The monoisotopic (exact) mass is 247 g/mol. The van der Waals surface area contributed by atoms with E-state index in [4.69, 9.17) is 5.73 Å². The lowest BCUT2D eigenvalue weighted by Gasteiger charge is -1.98. The fraction of sp³-hybridized carbons (Fsp3) is 0.500. The summed E-state index contributed by atoms with van der Waals surface area (Å²) in [5.41, 5.74) is 5.69. The van der Waals surface area contributed by atoms with Crippen LogP contribution in [-0.4, -0.2) is 43.3 Å². The van der Waals surface area contributed by atoms with E-state index in [2.05, 4.69) is 9.84 Å². The van der Waals surface area contributed by atoms with Gasteiger partial charge in [-0.05, 0) is 0 Å². The Hall–Kier alpha value is -1.57. The number of ether oxygens (including phenoxy) is 1. The summed E-state index contributed by atoms with van der Waals surface area (Å²) in [4.78, 5) is 11.2. The number of carbonyl (C=O) groups is 1. The number of nitrogens with two attached hydrogens (primary N) is 1. The van der Waals surface area contributed by atoms with Crippen LogP contribution in [0, 0.1) is 0 Å². The quantitative estimate of drug-likeness (QED) is 0.705. The molecular weight excluding hydrogens is 234 g/mol. The van der Waals surface area contributed by atoms with E-state index in [-0.39, 0.29) is 23.7 Å². The molecule has 90 valence electrons. The smallest absolute Gasteiger partial charge is 0.360 e. The van der Waals surface area contributed by atoms with Crippen LogP contribution in [0.5, 0.6) is 0 Å². The highest BCUT2D eigenvalue weighted by Gasteiger charge is 2.15. The van der Waals surface area contributed by atoms with E-state index in [1.807, 2.05) is 0 Å². The van der Waals surface area contributed by atoms with Gasteiger partial charge in [0.1, 0.15) is 9.84 Å². The van der Waals surface area contributed by atoms with Crippen LogP contribution in [0.25, 0.3) is 0 Å². The molecule has 0 saturated heterocycles. The van der Waals surface area contributed by atoms with Crippen molar-refractivity contribution in [1.29, 1.82) is 0 Å². The highest BCUT2D eigenvalue weighted by atomic mass is 32.2. The van der Waals surface area contributed by atoms with E-state index in [9.17, 15) is 13.2 Å². The minimum atomic E-state index is -3.07. The molecule has 0 atom stereocenters. The minimum Gasteiger partial charge on any atom is -0.464 e. The minimum absolute atomic E-state index is 0.00370. The average molecular weight is 247 g/mol. The van der Waals surface area contributed by atoms with Crippen LogP contribution in [0.2, 0.25) is 0 Å². The zero-order chi connectivity index (χ0) is 12.3. The van der Waals surface area contributed by atoms with E-state index >= 15 is 0 Å². The molecule has 1 aromatic rings. The molecule has 8 heteroatoms. The number of methoxy groups -OCH3 is 1. The van der Waals surface area contributed by atoms with Gasteiger partial charge in [-0.25, -0.2) is 13.2 Å². The molecule has 1 aromatic heterocycles. The summed E-state index contributed by atoms with van der Waals surface area (Å²) in [5, 5.41) is 3.84. The van der Waals surface area contributed by atoms with Gasteiger partial charge in [0, 0.05) is 12.5 Å². The Bertz CT molecular complexity index is 491. The van der Waals surface area contributed by atoms with Crippen LogP contribution in [0.15, 0.2) is 6.20 Å². The Morgan fingerprint density at radius 1 is 1.62 bits per heavy atom. The Labute approximate surface area is 93.1 Å². The van der Waals surface area contributed by atoms with Crippen LogP contribution in [0.3, 0.4) is 0 Å². The maximum Gasteiger partial charge on any atom is 0.360 e. The SMILES string of the molecule is COC(=O)c1nn(CCS(C)(=O)=O)cc1N. The van der Waals surface area contributed by atoms with Gasteiger partial charge in [0.05, 0.1) is 25.1 Å². The van der Waals surface area contributed by atoms with Gasteiger partial charge < -0.3 is 10.5 Å².